The molecule has 2 heterocycles. The average Bonchev–Trinajstić information content (AvgIpc) is 3.24. The number of likely N-dealkylation sites (tertiary alicyclic amines) is 1. The molecule has 1 saturated heterocycles. The number of piperidine rings is 1. The Morgan fingerprint density at radius 1 is 1.17 bits per heavy atom. The first kappa shape index (κ1) is 21.8. The third-order valence-electron chi connectivity index (χ3n) is 5.23. The molecule has 1 aromatic carbocycles. The van der Waals surface area contributed by atoms with Crippen LogP contribution in [0, 0.1) is 5.92 Å². The zero-order chi connectivity index (χ0) is 20.8. The third-order valence-corrected chi connectivity index (χ3v) is 6.35. The molecule has 29 heavy (non-hydrogen) atoms. The SMILES string of the molecule is CC(C)C(NC(=O)c1cccs1)C(=O)NC1CCN(Cc2ccc(Cl)cc2)CC1. The van der Waals surface area contributed by atoms with Crippen molar-refractivity contribution in [1.82, 2.24) is 15.5 Å². The second-order valence-electron chi connectivity index (χ2n) is 7.86. The normalized spacial score (nSPS) is 16.6. The van der Waals surface area contributed by atoms with Crippen LogP contribution in [0.15, 0.2) is 41.8 Å². The Balaban J connectivity index is 1.48. The van der Waals surface area contributed by atoms with E-state index in [0.717, 1.165) is 37.5 Å². The number of nitrogens with one attached hydrogen (secondary N) is 2. The monoisotopic (exact) mass is 433 g/mol. The zero-order valence-electron chi connectivity index (χ0n) is 16.9. The first-order valence-corrected chi connectivity index (χ1v) is 11.3. The van der Waals surface area contributed by atoms with Gasteiger partial charge in [0.1, 0.15) is 6.04 Å². The number of thiophene rings is 1. The molecule has 7 heteroatoms. The summed E-state index contributed by atoms with van der Waals surface area (Å²) in [6.07, 6.45) is 1.81. The number of amides is 2. The van der Waals surface area contributed by atoms with Crippen molar-refractivity contribution in [3.63, 3.8) is 0 Å². The van der Waals surface area contributed by atoms with E-state index in [-0.39, 0.29) is 23.8 Å². The molecular formula is C22H28ClN3O2S. The van der Waals surface area contributed by atoms with Gasteiger partial charge in [-0.25, -0.2) is 0 Å². The van der Waals surface area contributed by atoms with Crippen LogP contribution in [0.1, 0.15) is 41.9 Å². The summed E-state index contributed by atoms with van der Waals surface area (Å²) in [4.78, 5) is 28.2. The molecule has 0 aliphatic carbocycles. The number of nitrogens with zero attached hydrogens (tertiary/aromatic N) is 1. The quantitative estimate of drug-likeness (QED) is 0.695. The minimum absolute atomic E-state index is 0.0175. The first-order valence-electron chi connectivity index (χ1n) is 10.0. The molecule has 3 rings (SSSR count). The van der Waals surface area contributed by atoms with Gasteiger partial charge in [-0.2, -0.15) is 0 Å². The van der Waals surface area contributed by atoms with Crippen LogP contribution in [0.5, 0.6) is 0 Å². The number of benzene rings is 1. The van der Waals surface area contributed by atoms with Gasteiger partial charge in [-0.3, -0.25) is 14.5 Å². The Kier molecular flexibility index (Phi) is 7.70. The standard InChI is InChI=1S/C22H28ClN3O2S/c1-15(2)20(25-21(27)19-4-3-13-29-19)22(28)24-18-9-11-26(12-10-18)14-16-5-7-17(23)8-6-16/h3-8,13,15,18,20H,9-12,14H2,1-2H3,(H,24,28)(H,25,27). The van der Waals surface area contributed by atoms with E-state index < -0.39 is 6.04 Å². The van der Waals surface area contributed by atoms with Gasteiger partial charge in [0.05, 0.1) is 4.88 Å². The van der Waals surface area contributed by atoms with Crippen molar-refractivity contribution in [1.29, 1.82) is 0 Å². The van der Waals surface area contributed by atoms with Gasteiger partial charge < -0.3 is 10.6 Å². The fraction of sp³-hybridized carbons (Fsp3) is 0.455. The summed E-state index contributed by atoms with van der Waals surface area (Å²) in [5.74, 6) is -0.267. The maximum atomic E-state index is 12.8. The van der Waals surface area contributed by atoms with Crippen molar-refractivity contribution >= 4 is 34.8 Å². The Labute approximate surface area is 181 Å². The molecule has 5 nitrogen and oxygen atoms in total. The molecule has 1 aromatic heterocycles. The van der Waals surface area contributed by atoms with Crippen LogP contribution in [0.2, 0.25) is 5.02 Å². The van der Waals surface area contributed by atoms with Crippen LogP contribution in [0.4, 0.5) is 0 Å². The second-order valence-corrected chi connectivity index (χ2v) is 9.24. The number of rotatable bonds is 7. The van der Waals surface area contributed by atoms with Crippen LogP contribution in [0.3, 0.4) is 0 Å². The van der Waals surface area contributed by atoms with Gasteiger partial charge in [-0.1, -0.05) is 43.6 Å². The topological polar surface area (TPSA) is 61.4 Å². The fourth-order valence-corrected chi connectivity index (χ4v) is 4.28. The maximum Gasteiger partial charge on any atom is 0.262 e. The molecule has 1 atom stereocenters. The summed E-state index contributed by atoms with van der Waals surface area (Å²) in [6.45, 7) is 6.66. The molecule has 0 spiro atoms. The summed E-state index contributed by atoms with van der Waals surface area (Å²) < 4.78 is 0. The van der Waals surface area contributed by atoms with E-state index in [2.05, 4.69) is 27.7 Å². The number of hydrogen-bond donors (Lipinski definition) is 2. The summed E-state index contributed by atoms with van der Waals surface area (Å²) in [7, 11) is 0. The molecule has 1 aliphatic rings. The highest BCUT2D eigenvalue weighted by atomic mass is 35.5. The van der Waals surface area contributed by atoms with Gasteiger partial charge in [0.2, 0.25) is 5.91 Å². The highest BCUT2D eigenvalue weighted by molar-refractivity contribution is 7.12. The first-order chi connectivity index (χ1) is 13.9. The molecule has 0 radical (unpaired) electrons. The van der Waals surface area contributed by atoms with E-state index in [1.165, 1.54) is 16.9 Å². The molecule has 2 N–H and O–H groups in total. The highest BCUT2D eigenvalue weighted by Crippen LogP contribution is 2.17. The molecular weight excluding hydrogens is 406 g/mol. The Morgan fingerprint density at radius 2 is 1.86 bits per heavy atom. The molecule has 156 valence electrons. The van der Waals surface area contributed by atoms with E-state index in [4.69, 9.17) is 11.6 Å². The van der Waals surface area contributed by atoms with Crippen LogP contribution in [0.25, 0.3) is 0 Å². The maximum absolute atomic E-state index is 12.8. The predicted octanol–water partition coefficient (Wildman–Crippen LogP) is 3.94. The van der Waals surface area contributed by atoms with Crippen molar-refractivity contribution in [2.24, 2.45) is 5.92 Å². The third kappa shape index (κ3) is 6.29. The van der Waals surface area contributed by atoms with Crippen LogP contribution in [-0.2, 0) is 11.3 Å². The van der Waals surface area contributed by atoms with Gasteiger partial charge >= 0.3 is 0 Å². The second kappa shape index (κ2) is 10.2. The summed E-state index contributed by atoms with van der Waals surface area (Å²) in [5.41, 5.74) is 1.24. The van der Waals surface area contributed by atoms with E-state index in [9.17, 15) is 9.59 Å². The van der Waals surface area contributed by atoms with Crippen LogP contribution in [-0.4, -0.2) is 41.9 Å². The minimum atomic E-state index is -0.531. The van der Waals surface area contributed by atoms with Gasteiger partial charge in [-0.05, 0) is 47.9 Å². The van der Waals surface area contributed by atoms with E-state index in [1.54, 1.807) is 6.07 Å². The van der Waals surface area contributed by atoms with Crippen molar-refractivity contribution in [3.8, 4) is 0 Å². The molecule has 2 aromatic rings. The summed E-state index contributed by atoms with van der Waals surface area (Å²) in [5, 5.41) is 8.65. The van der Waals surface area contributed by atoms with Gasteiger partial charge in [0.15, 0.2) is 0 Å². The number of hydrogen-bond acceptors (Lipinski definition) is 4. The summed E-state index contributed by atoms with van der Waals surface area (Å²) in [6, 6.07) is 11.2. The molecule has 1 fully saturated rings. The minimum Gasteiger partial charge on any atom is -0.351 e. The molecule has 0 saturated carbocycles. The summed E-state index contributed by atoms with van der Waals surface area (Å²) >= 11 is 7.33. The number of carbonyl (C=O) groups is 2. The zero-order valence-corrected chi connectivity index (χ0v) is 18.4. The lowest BCUT2D eigenvalue weighted by molar-refractivity contribution is -0.125. The smallest absolute Gasteiger partial charge is 0.262 e. The Morgan fingerprint density at radius 3 is 2.45 bits per heavy atom. The Hall–Kier alpha value is -1.89. The largest absolute Gasteiger partial charge is 0.351 e. The van der Waals surface area contributed by atoms with E-state index in [0.29, 0.717) is 4.88 Å². The molecule has 1 aliphatic heterocycles. The van der Waals surface area contributed by atoms with Crippen molar-refractivity contribution in [3.05, 3.63) is 57.2 Å². The fourth-order valence-electron chi connectivity index (χ4n) is 3.53. The lowest BCUT2D eigenvalue weighted by Gasteiger charge is -2.33. The number of halogens is 1. The molecule has 0 bridgehead atoms. The number of carbonyl (C=O) groups excluding carboxylic acids is 2. The van der Waals surface area contributed by atoms with Crippen molar-refractivity contribution < 1.29 is 9.59 Å². The van der Waals surface area contributed by atoms with Crippen LogP contribution < -0.4 is 10.6 Å². The Bertz CT molecular complexity index is 800. The molecule has 1 unspecified atom stereocenters. The lowest BCUT2D eigenvalue weighted by Crippen LogP contribution is -2.53. The van der Waals surface area contributed by atoms with Gasteiger partial charge in [0.25, 0.3) is 5.91 Å². The molecule has 2 amide bonds. The van der Waals surface area contributed by atoms with Gasteiger partial charge in [-0.15, -0.1) is 11.3 Å². The predicted molar refractivity (Wildman–Crippen MR) is 118 cm³/mol. The average molecular weight is 434 g/mol. The van der Waals surface area contributed by atoms with Crippen LogP contribution >= 0.6 is 22.9 Å². The van der Waals surface area contributed by atoms with Crippen molar-refractivity contribution in [2.45, 2.75) is 45.3 Å². The lowest BCUT2D eigenvalue weighted by atomic mass is 10.00. The van der Waals surface area contributed by atoms with E-state index in [1.807, 2.05) is 37.4 Å². The highest BCUT2D eigenvalue weighted by Gasteiger charge is 2.28. The van der Waals surface area contributed by atoms with Crippen molar-refractivity contribution in [2.75, 3.05) is 13.1 Å². The van der Waals surface area contributed by atoms with Gasteiger partial charge in [0, 0.05) is 30.7 Å². The van der Waals surface area contributed by atoms with E-state index >= 15 is 0 Å².